The van der Waals surface area contributed by atoms with E-state index in [1.54, 1.807) is 18.2 Å². The Balaban J connectivity index is 1.86. The van der Waals surface area contributed by atoms with E-state index in [2.05, 4.69) is 36.5 Å². The monoisotopic (exact) mass is 372 g/mol. The van der Waals surface area contributed by atoms with Crippen LogP contribution >= 0.6 is 15.9 Å². The highest BCUT2D eigenvalue weighted by atomic mass is 79.9. The second kappa shape index (κ2) is 6.75. The van der Waals surface area contributed by atoms with E-state index in [9.17, 15) is 4.39 Å². The summed E-state index contributed by atoms with van der Waals surface area (Å²) in [6, 6.07) is 15.8. The number of halogens is 2. The molecule has 4 nitrogen and oxygen atoms in total. The molecule has 3 aromatic rings. The molecular weight excluding hydrogens is 359 g/mol. The van der Waals surface area contributed by atoms with Crippen molar-refractivity contribution < 1.29 is 4.39 Å². The lowest BCUT2D eigenvalue weighted by Crippen LogP contribution is -2.02. The Hall–Kier alpha value is -2.47. The number of para-hydroxylation sites is 1. The molecule has 0 spiro atoms. The summed E-state index contributed by atoms with van der Waals surface area (Å²) in [5, 5.41) is 6.25. The number of nitrogens with zero attached hydrogens (tertiary/aromatic N) is 2. The first-order valence-electron chi connectivity index (χ1n) is 7.00. The number of benzene rings is 2. The Morgan fingerprint density at radius 2 is 1.78 bits per heavy atom. The third kappa shape index (κ3) is 4.04. The predicted octanol–water partition coefficient (Wildman–Crippen LogP) is 5.17. The van der Waals surface area contributed by atoms with E-state index < -0.39 is 0 Å². The molecule has 23 heavy (non-hydrogen) atoms. The van der Waals surface area contributed by atoms with Crippen LogP contribution in [0.2, 0.25) is 0 Å². The van der Waals surface area contributed by atoms with Crippen molar-refractivity contribution >= 4 is 39.1 Å². The van der Waals surface area contributed by atoms with Crippen LogP contribution in [0.4, 0.5) is 27.5 Å². The lowest BCUT2D eigenvalue weighted by atomic mass is 10.3. The van der Waals surface area contributed by atoms with Gasteiger partial charge in [-0.25, -0.2) is 9.37 Å². The molecule has 0 bridgehead atoms. The van der Waals surface area contributed by atoms with Gasteiger partial charge in [0, 0.05) is 21.9 Å². The molecule has 3 rings (SSSR count). The van der Waals surface area contributed by atoms with E-state index in [-0.39, 0.29) is 5.82 Å². The van der Waals surface area contributed by atoms with Gasteiger partial charge in [0.15, 0.2) is 0 Å². The van der Waals surface area contributed by atoms with Crippen LogP contribution in [0.25, 0.3) is 0 Å². The molecule has 0 radical (unpaired) electrons. The van der Waals surface area contributed by atoms with E-state index in [1.807, 2.05) is 31.2 Å². The third-order valence-corrected chi connectivity index (χ3v) is 3.76. The van der Waals surface area contributed by atoms with Crippen molar-refractivity contribution in [3.8, 4) is 0 Å². The van der Waals surface area contributed by atoms with Gasteiger partial charge in [0.05, 0.1) is 5.69 Å². The van der Waals surface area contributed by atoms with Crippen LogP contribution in [0.3, 0.4) is 0 Å². The third-order valence-electron chi connectivity index (χ3n) is 3.07. The van der Waals surface area contributed by atoms with Crippen molar-refractivity contribution in [1.29, 1.82) is 0 Å². The Morgan fingerprint density at radius 1 is 0.957 bits per heavy atom. The van der Waals surface area contributed by atoms with E-state index in [0.29, 0.717) is 17.5 Å². The molecule has 0 aliphatic heterocycles. The highest BCUT2D eigenvalue weighted by molar-refractivity contribution is 9.10. The minimum Gasteiger partial charge on any atom is -0.340 e. The minimum absolute atomic E-state index is 0.299. The lowest BCUT2D eigenvalue weighted by molar-refractivity contribution is 0.628. The molecule has 2 aromatic carbocycles. The molecule has 0 aliphatic rings. The van der Waals surface area contributed by atoms with Gasteiger partial charge in [0.2, 0.25) is 5.95 Å². The molecule has 1 heterocycles. The maximum Gasteiger partial charge on any atom is 0.229 e. The van der Waals surface area contributed by atoms with Gasteiger partial charge in [-0.2, -0.15) is 4.98 Å². The van der Waals surface area contributed by atoms with Crippen LogP contribution < -0.4 is 10.6 Å². The van der Waals surface area contributed by atoms with Gasteiger partial charge in [-0.15, -0.1) is 0 Å². The Kier molecular flexibility index (Phi) is 4.52. The second-order valence-electron chi connectivity index (χ2n) is 4.96. The van der Waals surface area contributed by atoms with Crippen LogP contribution in [0.5, 0.6) is 0 Å². The van der Waals surface area contributed by atoms with E-state index in [1.165, 1.54) is 12.1 Å². The first-order chi connectivity index (χ1) is 11.1. The molecule has 116 valence electrons. The molecule has 0 atom stereocenters. The predicted molar refractivity (Wildman–Crippen MR) is 93.9 cm³/mol. The van der Waals surface area contributed by atoms with E-state index >= 15 is 0 Å². The van der Waals surface area contributed by atoms with Gasteiger partial charge in [-0.1, -0.05) is 18.2 Å². The fourth-order valence-electron chi connectivity index (χ4n) is 2.09. The highest BCUT2D eigenvalue weighted by Crippen LogP contribution is 2.25. The molecule has 0 aliphatic carbocycles. The van der Waals surface area contributed by atoms with Crippen molar-refractivity contribution in [2.24, 2.45) is 0 Å². The molecule has 0 saturated heterocycles. The second-order valence-corrected chi connectivity index (χ2v) is 5.81. The summed E-state index contributed by atoms with van der Waals surface area (Å²) in [6.07, 6.45) is 0. The number of aryl methyl sites for hydroxylation is 1. The number of hydrogen-bond acceptors (Lipinski definition) is 4. The normalized spacial score (nSPS) is 10.4. The smallest absolute Gasteiger partial charge is 0.229 e. The summed E-state index contributed by atoms with van der Waals surface area (Å²) in [4.78, 5) is 8.79. The number of anilines is 4. The summed E-state index contributed by atoms with van der Waals surface area (Å²) in [5.41, 5.74) is 2.30. The fourth-order valence-corrected chi connectivity index (χ4v) is 2.47. The maximum absolute atomic E-state index is 13.3. The van der Waals surface area contributed by atoms with Crippen molar-refractivity contribution in [3.63, 3.8) is 0 Å². The average Bonchev–Trinajstić information content (AvgIpc) is 2.49. The first kappa shape index (κ1) is 15.4. The summed E-state index contributed by atoms with van der Waals surface area (Å²) < 4.78 is 14.2. The number of rotatable bonds is 4. The van der Waals surface area contributed by atoms with Gasteiger partial charge in [-0.3, -0.25) is 0 Å². The Morgan fingerprint density at radius 3 is 2.57 bits per heavy atom. The van der Waals surface area contributed by atoms with Crippen molar-refractivity contribution in [2.45, 2.75) is 6.92 Å². The zero-order chi connectivity index (χ0) is 16.2. The average molecular weight is 373 g/mol. The van der Waals surface area contributed by atoms with Gasteiger partial charge in [0.1, 0.15) is 11.6 Å². The molecule has 2 N–H and O–H groups in total. The molecule has 0 fully saturated rings. The van der Waals surface area contributed by atoms with Gasteiger partial charge < -0.3 is 10.6 Å². The molecular formula is C17H14BrFN4. The molecule has 0 saturated carbocycles. The standard InChI is InChI=1S/C17H14BrFN4/c1-11-9-16(21-13-6-4-5-12(19)10-13)23-17(20-11)22-15-8-3-2-7-14(15)18/h2-10H,1H3,(H2,20,21,22,23). The highest BCUT2D eigenvalue weighted by Gasteiger charge is 2.06. The summed E-state index contributed by atoms with van der Waals surface area (Å²) in [6.45, 7) is 1.88. The zero-order valence-electron chi connectivity index (χ0n) is 12.3. The first-order valence-corrected chi connectivity index (χ1v) is 7.79. The summed E-state index contributed by atoms with van der Waals surface area (Å²) >= 11 is 3.48. The van der Waals surface area contributed by atoms with Crippen LogP contribution in [0.15, 0.2) is 59.1 Å². The summed E-state index contributed by atoms with van der Waals surface area (Å²) in [7, 11) is 0. The molecule has 6 heteroatoms. The van der Waals surface area contributed by atoms with Gasteiger partial charge in [0.25, 0.3) is 0 Å². The fraction of sp³-hybridized carbons (Fsp3) is 0.0588. The van der Waals surface area contributed by atoms with E-state index in [0.717, 1.165) is 15.9 Å². The van der Waals surface area contributed by atoms with Crippen molar-refractivity contribution in [2.75, 3.05) is 10.6 Å². The summed E-state index contributed by atoms with van der Waals surface area (Å²) in [5.74, 6) is 0.765. The molecule has 0 amide bonds. The topological polar surface area (TPSA) is 49.8 Å². The largest absolute Gasteiger partial charge is 0.340 e. The van der Waals surface area contributed by atoms with Crippen molar-refractivity contribution in [3.05, 3.63) is 70.6 Å². The quantitative estimate of drug-likeness (QED) is 0.662. The number of nitrogens with one attached hydrogen (secondary N) is 2. The number of aromatic nitrogens is 2. The minimum atomic E-state index is -0.299. The van der Waals surface area contributed by atoms with Crippen LogP contribution in [-0.2, 0) is 0 Å². The van der Waals surface area contributed by atoms with Crippen LogP contribution in [0.1, 0.15) is 5.69 Å². The van der Waals surface area contributed by atoms with Gasteiger partial charge in [-0.05, 0) is 53.2 Å². The van der Waals surface area contributed by atoms with Gasteiger partial charge >= 0.3 is 0 Å². The number of hydrogen-bond donors (Lipinski definition) is 2. The van der Waals surface area contributed by atoms with E-state index in [4.69, 9.17) is 0 Å². The SMILES string of the molecule is Cc1cc(Nc2cccc(F)c2)nc(Nc2ccccc2Br)n1. The zero-order valence-corrected chi connectivity index (χ0v) is 13.9. The lowest BCUT2D eigenvalue weighted by Gasteiger charge is -2.11. The molecule has 1 aromatic heterocycles. The van der Waals surface area contributed by atoms with Crippen molar-refractivity contribution in [1.82, 2.24) is 9.97 Å². The van der Waals surface area contributed by atoms with Crippen LogP contribution in [0, 0.1) is 12.7 Å². The Labute approximate surface area is 141 Å². The maximum atomic E-state index is 13.3. The Bertz CT molecular complexity index is 838. The van der Waals surface area contributed by atoms with Crippen LogP contribution in [-0.4, -0.2) is 9.97 Å². The molecule has 0 unspecified atom stereocenters.